The molecule has 0 aromatic carbocycles. The van der Waals surface area contributed by atoms with Gasteiger partial charge in [-0.15, -0.1) is 0 Å². The molecule has 1 unspecified atom stereocenters. The Bertz CT molecular complexity index is 458. The molecule has 3 N–H and O–H groups in total. The highest BCUT2D eigenvalue weighted by Crippen LogP contribution is 2.16. The molecule has 1 aliphatic rings. The molecule has 1 aromatic rings. The van der Waals surface area contributed by atoms with E-state index in [0.717, 1.165) is 0 Å². The van der Waals surface area contributed by atoms with Crippen molar-refractivity contribution in [3.05, 3.63) is 18.2 Å². The lowest BCUT2D eigenvalue weighted by Gasteiger charge is -2.11. The van der Waals surface area contributed by atoms with Gasteiger partial charge in [0.05, 0.1) is 11.5 Å². The zero-order valence-corrected chi connectivity index (χ0v) is 9.00. The lowest BCUT2D eigenvalue weighted by Crippen LogP contribution is -2.21. The molecule has 1 atom stereocenters. The standard InChI is InChI=1S/C9H13N3O2S/c10-8-2-1-3-9(12-8)11-7-4-5-15(13,14)6-7/h1-3,7H,4-6H2,(H3,10,11,12). The number of pyridine rings is 1. The average molecular weight is 227 g/mol. The van der Waals surface area contributed by atoms with E-state index in [9.17, 15) is 8.42 Å². The van der Waals surface area contributed by atoms with Crippen molar-refractivity contribution in [2.24, 2.45) is 0 Å². The predicted molar refractivity (Wildman–Crippen MR) is 59.3 cm³/mol. The van der Waals surface area contributed by atoms with Crippen LogP contribution < -0.4 is 11.1 Å². The summed E-state index contributed by atoms with van der Waals surface area (Å²) in [5.74, 6) is 1.51. The average Bonchev–Trinajstić information content (AvgIpc) is 2.45. The third-order valence-electron chi connectivity index (χ3n) is 2.36. The Balaban J connectivity index is 2.05. The Kier molecular flexibility index (Phi) is 2.52. The first-order chi connectivity index (χ1) is 7.05. The smallest absolute Gasteiger partial charge is 0.152 e. The quantitative estimate of drug-likeness (QED) is 0.757. The molecule has 5 nitrogen and oxygen atoms in total. The highest BCUT2D eigenvalue weighted by atomic mass is 32.2. The van der Waals surface area contributed by atoms with Crippen LogP contribution in [0.4, 0.5) is 11.6 Å². The van der Waals surface area contributed by atoms with Gasteiger partial charge < -0.3 is 11.1 Å². The number of aromatic nitrogens is 1. The van der Waals surface area contributed by atoms with Crippen molar-refractivity contribution in [2.75, 3.05) is 22.6 Å². The molecule has 15 heavy (non-hydrogen) atoms. The first-order valence-electron chi connectivity index (χ1n) is 4.75. The van der Waals surface area contributed by atoms with E-state index in [2.05, 4.69) is 10.3 Å². The number of anilines is 2. The molecule has 1 aromatic heterocycles. The fourth-order valence-corrected chi connectivity index (χ4v) is 3.32. The van der Waals surface area contributed by atoms with Gasteiger partial charge in [0.15, 0.2) is 9.84 Å². The maximum atomic E-state index is 11.2. The van der Waals surface area contributed by atoms with Gasteiger partial charge >= 0.3 is 0 Å². The monoisotopic (exact) mass is 227 g/mol. The van der Waals surface area contributed by atoms with Gasteiger partial charge in [-0.05, 0) is 18.6 Å². The number of hydrogen-bond donors (Lipinski definition) is 2. The Morgan fingerprint density at radius 3 is 2.87 bits per heavy atom. The van der Waals surface area contributed by atoms with E-state index >= 15 is 0 Å². The summed E-state index contributed by atoms with van der Waals surface area (Å²) in [7, 11) is -2.85. The second-order valence-corrected chi connectivity index (χ2v) is 5.92. The number of nitrogens with zero attached hydrogens (tertiary/aromatic N) is 1. The van der Waals surface area contributed by atoms with Crippen LogP contribution in [0, 0.1) is 0 Å². The van der Waals surface area contributed by atoms with Gasteiger partial charge in [-0.1, -0.05) is 6.07 Å². The second-order valence-electron chi connectivity index (χ2n) is 3.69. The van der Waals surface area contributed by atoms with Gasteiger partial charge in [0.25, 0.3) is 0 Å². The highest BCUT2D eigenvalue weighted by Gasteiger charge is 2.27. The topological polar surface area (TPSA) is 85.1 Å². The third-order valence-corrected chi connectivity index (χ3v) is 4.12. The van der Waals surface area contributed by atoms with Gasteiger partial charge in [0.2, 0.25) is 0 Å². The molecular formula is C9H13N3O2S. The van der Waals surface area contributed by atoms with Gasteiger partial charge in [0, 0.05) is 6.04 Å². The minimum Gasteiger partial charge on any atom is -0.384 e. The number of hydrogen-bond acceptors (Lipinski definition) is 5. The lowest BCUT2D eigenvalue weighted by atomic mass is 10.2. The largest absolute Gasteiger partial charge is 0.384 e. The van der Waals surface area contributed by atoms with E-state index < -0.39 is 9.84 Å². The van der Waals surface area contributed by atoms with Gasteiger partial charge in [0.1, 0.15) is 11.6 Å². The summed E-state index contributed by atoms with van der Waals surface area (Å²) < 4.78 is 22.4. The van der Waals surface area contributed by atoms with E-state index in [1.165, 1.54) is 0 Å². The fraction of sp³-hybridized carbons (Fsp3) is 0.444. The Morgan fingerprint density at radius 2 is 2.27 bits per heavy atom. The van der Waals surface area contributed by atoms with E-state index in [0.29, 0.717) is 18.1 Å². The third kappa shape index (κ3) is 2.59. The second kappa shape index (κ2) is 3.69. The predicted octanol–water partition coefficient (Wildman–Crippen LogP) is 0.263. The van der Waals surface area contributed by atoms with E-state index in [1.54, 1.807) is 18.2 Å². The zero-order valence-electron chi connectivity index (χ0n) is 8.18. The van der Waals surface area contributed by atoms with Crippen LogP contribution in [0.5, 0.6) is 0 Å². The molecule has 0 aliphatic carbocycles. The van der Waals surface area contributed by atoms with E-state index in [-0.39, 0.29) is 17.5 Å². The molecule has 1 aliphatic heterocycles. The van der Waals surface area contributed by atoms with Gasteiger partial charge in [-0.3, -0.25) is 0 Å². The summed E-state index contributed by atoms with van der Waals surface area (Å²) >= 11 is 0. The molecule has 0 spiro atoms. The SMILES string of the molecule is Nc1cccc(NC2CCS(=O)(=O)C2)n1. The van der Waals surface area contributed by atoms with Crippen molar-refractivity contribution in [3.8, 4) is 0 Å². The van der Waals surface area contributed by atoms with Crippen LogP contribution >= 0.6 is 0 Å². The summed E-state index contributed by atoms with van der Waals surface area (Å²) in [5, 5.41) is 3.07. The number of nitrogens with one attached hydrogen (secondary N) is 1. The van der Waals surface area contributed by atoms with Crippen molar-refractivity contribution >= 4 is 21.5 Å². The number of nitrogens with two attached hydrogens (primary N) is 1. The van der Waals surface area contributed by atoms with Crippen LogP contribution in [0.3, 0.4) is 0 Å². The van der Waals surface area contributed by atoms with Crippen molar-refractivity contribution in [3.63, 3.8) is 0 Å². The minimum absolute atomic E-state index is 0.0377. The first kappa shape index (κ1) is 10.2. The van der Waals surface area contributed by atoms with Crippen LogP contribution in [0.1, 0.15) is 6.42 Å². The van der Waals surface area contributed by atoms with Crippen molar-refractivity contribution in [1.29, 1.82) is 0 Å². The maximum absolute atomic E-state index is 11.2. The number of nitrogen functional groups attached to an aromatic ring is 1. The van der Waals surface area contributed by atoms with Crippen LogP contribution in [0.25, 0.3) is 0 Å². The summed E-state index contributed by atoms with van der Waals surface area (Å²) in [6.07, 6.45) is 0.638. The molecule has 0 saturated carbocycles. The molecular weight excluding hydrogens is 214 g/mol. The van der Waals surface area contributed by atoms with Crippen LogP contribution in [-0.4, -0.2) is 30.9 Å². The van der Waals surface area contributed by atoms with Crippen molar-refractivity contribution < 1.29 is 8.42 Å². The van der Waals surface area contributed by atoms with Crippen LogP contribution in [0.15, 0.2) is 18.2 Å². The molecule has 1 saturated heterocycles. The summed E-state index contributed by atoms with van der Waals surface area (Å²) in [6.45, 7) is 0. The summed E-state index contributed by atoms with van der Waals surface area (Å²) in [6, 6.07) is 5.22. The highest BCUT2D eigenvalue weighted by molar-refractivity contribution is 7.91. The maximum Gasteiger partial charge on any atom is 0.152 e. The number of sulfone groups is 1. The Morgan fingerprint density at radius 1 is 1.47 bits per heavy atom. The Hall–Kier alpha value is -1.30. The molecule has 1 fully saturated rings. The molecule has 2 heterocycles. The normalized spacial score (nSPS) is 23.9. The summed E-state index contributed by atoms with van der Waals surface area (Å²) in [4.78, 5) is 4.06. The Labute approximate surface area is 88.6 Å². The van der Waals surface area contributed by atoms with Gasteiger partial charge in [-0.25, -0.2) is 13.4 Å². The number of rotatable bonds is 2. The minimum atomic E-state index is -2.85. The fourth-order valence-electron chi connectivity index (χ4n) is 1.65. The first-order valence-corrected chi connectivity index (χ1v) is 6.57. The molecule has 2 rings (SSSR count). The summed E-state index contributed by atoms with van der Waals surface area (Å²) in [5.41, 5.74) is 5.52. The van der Waals surface area contributed by atoms with E-state index in [4.69, 9.17) is 5.73 Å². The molecule has 0 amide bonds. The van der Waals surface area contributed by atoms with Crippen molar-refractivity contribution in [1.82, 2.24) is 4.98 Å². The van der Waals surface area contributed by atoms with Crippen molar-refractivity contribution in [2.45, 2.75) is 12.5 Å². The molecule has 6 heteroatoms. The molecule has 0 bridgehead atoms. The van der Waals surface area contributed by atoms with Crippen LogP contribution in [0.2, 0.25) is 0 Å². The van der Waals surface area contributed by atoms with E-state index in [1.807, 2.05) is 0 Å². The van der Waals surface area contributed by atoms with Crippen LogP contribution in [-0.2, 0) is 9.84 Å². The molecule has 82 valence electrons. The van der Waals surface area contributed by atoms with Gasteiger partial charge in [-0.2, -0.15) is 0 Å². The molecule has 0 radical (unpaired) electrons. The zero-order chi connectivity index (χ0) is 10.9. The lowest BCUT2D eigenvalue weighted by molar-refractivity contribution is 0.602.